The highest BCUT2D eigenvalue weighted by atomic mass is 35.5. The van der Waals surface area contributed by atoms with Crippen molar-refractivity contribution in [1.82, 2.24) is 4.98 Å². The van der Waals surface area contributed by atoms with Crippen molar-refractivity contribution in [2.45, 2.75) is 6.92 Å². The van der Waals surface area contributed by atoms with E-state index >= 15 is 0 Å². The van der Waals surface area contributed by atoms with Crippen LogP contribution in [0.5, 0.6) is 11.5 Å². The summed E-state index contributed by atoms with van der Waals surface area (Å²) in [5, 5.41) is 7.31. The Bertz CT molecular complexity index is 557. The fraction of sp³-hybridized carbons (Fsp3) is 0.0769. The first-order chi connectivity index (χ1) is 8.16. The largest absolute Gasteiger partial charge is 0.457 e. The van der Waals surface area contributed by atoms with Crippen molar-refractivity contribution in [3.05, 3.63) is 53.9 Å². The van der Waals surface area contributed by atoms with Gasteiger partial charge in [0.05, 0.1) is 0 Å². The van der Waals surface area contributed by atoms with Crippen LogP contribution in [0, 0.1) is 12.3 Å². The fourth-order valence-corrected chi connectivity index (χ4v) is 1.42. The Morgan fingerprint density at radius 2 is 2.00 bits per heavy atom. The molecule has 0 aliphatic rings. The van der Waals surface area contributed by atoms with Gasteiger partial charge in [-0.05, 0) is 24.6 Å². The van der Waals surface area contributed by atoms with Crippen LogP contribution in [0.15, 0.2) is 42.6 Å². The van der Waals surface area contributed by atoms with Crippen molar-refractivity contribution in [3.63, 3.8) is 0 Å². The van der Waals surface area contributed by atoms with Gasteiger partial charge in [0.25, 0.3) is 0 Å². The van der Waals surface area contributed by atoms with Gasteiger partial charge >= 0.3 is 0 Å². The molecule has 3 N–H and O–H groups in total. The Morgan fingerprint density at radius 1 is 1.28 bits per heavy atom. The Morgan fingerprint density at radius 3 is 2.67 bits per heavy atom. The van der Waals surface area contributed by atoms with E-state index in [2.05, 4.69) is 4.98 Å². The molecular formula is C13H14ClN3O. The number of nitrogens with two attached hydrogens (primary N) is 1. The van der Waals surface area contributed by atoms with Crippen molar-refractivity contribution in [2.75, 3.05) is 0 Å². The lowest BCUT2D eigenvalue weighted by Gasteiger charge is -2.08. The van der Waals surface area contributed by atoms with Crippen molar-refractivity contribution in [3.8, 4) is 11.5 Å². The number of nitrogen functional groups attached to an aromatic ring is 1. The molecule has 0 fully saturated rings. The number of hydrogen-bond acceptors (Lipinski definition) is 3. The predicted molar refractivity (Wildman–Crippen MR) is 73.8 cm³/mol. The molecule has 1 aromatic heterocycles. The van der Waals surface area contributed by atoms with Gasteiger partial charge in [-0.15, -0.1) is 12.4 Å². The second kappa shape index (κ2) is 6.02. The number of para-hydroxylation sites is 1. The standard InChI is InChI=1S/C13H13N3O.ClH/c1-9-4-2-3-5-12(9)17-10-6-7-16-11(8-10)13(14)15;/h2-8H,1H3,(H3,14,15);1H. The molecule has 0 spiro atoms. The third-order valence-electron chi connectivity index (χ3n) is 2.33. The minimum absolute atomic E-state index is 0. The molecule has 0 saturated carbocycles. The summed E-state index contributed by atoms with van der Waals surface area (Å²) in [6, 6.07) is 11.1. The Labute approximate surface area is 112 Å². The molecule has 5 heteroatoms. The van der Waals surface area contributed by atoms with Crippen LogP contribution in [-0.4, -0.2) is 10.8 Å². The highest BCUT2D eigenvalue weighted by molar-refractivity contribution is 5.93. The molecule has 18 heavy (non-hydrogen) atoms. The van der Waals surface area contributed by atoms with Crippen LogP contribution in [-0.2, 0) is 0 Å². The molecule has 0 amide bonds. The maximum absolute atomic E-state index is 7.31. The van der Waals surface area contributed by atoms with E-state index in [9.17, 15) is 0 Å². The number of pyridine rings is 1. The van der Waals surface area contributed by atoms with Gasteiger partial charge in [-0.2, -0.15) is 0 Å². The van der Waals surface area contributed by atoms with E-state index in [0.717, 1.165) is 11.3 Å². The van der Waals surface area contributed by atoms with Crippen LogP contribution in [0.2, 0.25) is 0 Å². The minimum atomic E-state index is -0.0692. The van der Waals surface area contributed by atoms with Crippen LogP contribution in [0.1, 0.15) is 11.3 Å². The molecule has 0 bridgehead atoms. The van der Waals surface area contributed by atoms with Crippen LogP contribution >= 0.6 is 12.4 Å². The highest BCUT2D eigenvalue weighted by Gasteiger charge is 2.03. The highest BCUT2D eigenvalue weighted by Crippen LogP contribution is 2.24. The lowest BCUT2D eigenvalue weighted by Crippen LogP contribution is -2.12. The van der Waals surface area contributed by atoms with E-state index in [1.54, 1.807) is 18.3 Å². The average Bonchev–Trinajstić information content (AvgIpc) is 2.32. The van der Waals surface area contributed by atoms with Gasteiger partial charge in [0.2, 0.25) is 0 Å². The number of hydrogen-bond donors (Lipinski definition) is 2. The van der Waals surface area contributed by atoms with Gasteiger partial charge in [-0.25, -0.2) is 0 Å². The monoisotopic (exact) mass is 263 g/mol. The summed E-state index contributed by atoms with van der Waals surface area (Å²) in [6.07, 6.45) is 1.57. The molecule has 1 aromatic carbocycles. The molecule has 0 radical (unpaired) electrons. The van der Waals surface area contributed by atoms with E-state index in [0.29, 0.717) is 11.4 Å². The minimum Gasteiger partial charge on any atom is -0.457 e. The normalized spacial score (nSPS) is 9.39. The Hall–Kier alpha value is -2.07. The topological polar surface area (TPSA) is 72.0 Å². The van der Waals surface area contributed by atoms with E-state index in [1.807, 2.05) is 31.2 Å². The molecule has 94 valence electrons. The number of aryl methyl sites for hydroxylation is 1. The molecular weight excluding hydrogens is 250 g/mol. The number of nitrogens with zero attached hydrogens (tertiary/aromatic N) is 1. The summed E-state index contributed by atoms with van der Waals surface area (Å²) >= 11 is 0. The predicted octanol–water partition coefficient (Wildman–Crippen LogP) is 2.89. The summed E-state index contributed by atoms with van der Waals surface area (Å²) in [4.78, 5) is 3.97. The third kappa shape index (κ3) is 3.21. The number of rotatable bonds is 3. The second-order valence-electron chi connectivity index (χ2n) is 3.66. The summed E-state index contributed by atoms with van der Waals surface area (Å²) in [5.74, 6) is 1.34. The molecule has 0 unspecified atom stereocenters. The van der Waals surface area contributed by atoms with Crippen LogP contribution in [0.25, 0.3) is 0 Å². The smallest absolute Gasteiger partial charge is 0.141 e. The van der Waals surface area contributed by atoms with Gasteiger partial charge in [-0.3, -0.25) is 10.4 Å². The fourth-order valence-electron chi connectivity index (χ4n) is 1.42. The lowest BCUT2D eigenvalue weighted by molar-refractivity contribution is 0.478. The number of benzene rings is 1. The van der Waals surface area contributed by atoms with Gasteiger partial charge in [0.15, 0.2) is 0 Å². The first-order valence-electron chi connectivity index (χ1n) is 5.21. The lowest BCUT2D eigenvalue weighted by atomic mass is 10.2. The van der Waals surface area contributed by atoms with Gasteiger partial charge in [0.1, 0.15) is 23.0 Å². The van der Waals surface area contributed by atoms with Crippen molar-refractivity contribution >= 4 is 18.2 Å². The molecule has 4 nitrogen and oxygen atoms in total. The molecule has 0 aliphatic carbocycles. The number of ether oxygens (including phenoxy) is 1. The first-order valence-corrected chi connectivity index (χ1v) is 5.21. The molecule has 0 saturated heterocycles. The number of aromatic nitrogens is 1. The van der Waals surface area contributed by atoms with Gasteiger partial charge in [-0.1, -0.05) is 18.2 Å². The second-order valence-corrected chi connectivity index (χ2v) is 3.66. The Kier molecular flexibility index (Phi) is 4.68. The van der Waals surface area contributed by atoms with Crippen molar-refractivity contribution in [2.24, 2.45) is 5.73 Å². The van der Waals surface area contributed by atoms with Crippen molar-refractivity contribution < 1.29 is 4.74 Å². The Balaban J connectivity index is 0.00000162. The van der Waals surface area contributed by atoms with Crippen LogP contribution in [0.3, 0.4) is 0 Å². The maximum atomic E-state index is 7.31. The zero-order valence-corrected chi connectivity index (χ0v) is 10.7. The van der Waals surface area contributed by atoms with Gasteiger partial charge < -0.3 is 10.5 Å². The summed E-state index contributed by atoms with van der Waals surface area (Å²) in [6.45, 7) is 1.97. The van der Waals surface area contributed by atoms with Crippen LogP contribution in [0.4, 0.5) is 0 Å². The van der Waals surface area contributed by atoms with E-state index < -0.39 is 0 Å². The van der Waals surface area contributed by atoms with E-state index in [4.69, 9.17) is 15.9 Å². The van der Waals surface area contributed by atoms with E-state index in [-0.39, 0.29) is 18.2 Å². The van der Waals surface area contributed by atoms with E-state index in [1.165, 1.54) is 0 Å². The quantitative estimate of drug-likeness (QED) is 0.661. The third-order valence-corrected chi connectivity index (χ3v) is 2.33. The van der Waals surface area contributed by atoms with Gasteiger partial charge in [0, 0.05) is 12.3 Å². The molecule has 0 atom stereocenters. The average molecular weight is 264 g/mol. The molecule has 0 aliphatic heterocycles. The SMILES string of the molecule is Cc1ccccc1Oc1ccnc(C(=N)N)c1.Cl. The number of nitrogens with one attached hydrogen (secondary N) is 1. The number of halogens is 1. The molecule has 1 heterocycles. The van der Waals surface area contributed by atoms with Crippen molar-refractivity contribution in [1.29, 1.82) is 5.41 Å². The zero-order chi connectivity index (χ0) is 12.3. The molecule has 2 aromatic rings. The summed E-state index contributed by atoms with van der Waals surface area (Å²) in [7, 11) is 0. The van der Waals surface area contributed by atoms with Crippen LogP contribution < -0.4 is 10.5 Å². The summed E-state index contributed by atoms with van der Waals surface area (Å²) < 4.78 is 5.71. The maximum Gasteiger partial charge on any atom is 0.141 e. The zero-order valence-electron chi connectivity index (χ0n) is 9.88. The molecule has 2 rings (SSSR count). The number of amidine groups is 1. The summed E-state index contributed by atoms with van der Waals surface area (Å²) in [5.41, 5.74) is 6.83. The first kappa shape index (κ1) is 14.0.